The molecule has 0 saturated heterocycles. The molecular formula is C14H22O. The number of carbonyl (C=O) groups excluding carboxylic acids is 1. The van der Waals surface area contributed by atoms with Crippen molar-refractivity contribution in [1.82, 2.24) is 0 Å². The average molecular weight is 206 g/mol. The molecule has 1 aliphatic rings. The standard InChI is InChI=1S/C14H22O/c1-11(10-15)7-8-13-12(2)6-5-9-14(13,3)4/h7,10,13H,2,5-6,8-9H2,1,3-4H3/b11-7+/t13-/m1/s1. The summed E-state index contributed by atoms with van der Waals surface area (Å²) in [5.74, 6) is 0.543. The maximum absolute atomic E-state index is 10.5. The maximum atomic E-state index is 10.5. The molecule has 0 bridgehead atoms. The fourth-order valence-corrected chi connectivity index (χ4v) is 2.51. The highest BCUT2D eigenvalue weighted by Gasteiger charge is 2.33. The monoisotopic (exact) mass is 206 g/mol. The van der Waals surface area contributed by atoms with Crippen LogP contribution >= 0.6 is 0 Å². The van der Waals surface area contributed by atoms with E-state index in [-0.39, 0.29) is 0 Å². The van der Waals surface area contributed by atoms with Crippen LogP contribution < -0.4 is 0 Å². The molecule has 0 N–H and O–H groups in total. The lowest BCUT2D eigenvalue weighted by Gasteiger charge is -2.40. The smallest absolute Gasteiger partial charge is 0.145 e. The van der Waals surface area contributed by atoms with Crippen molar-refractivity contribution >= 4 is 6.29 Å². The Morgan fingerprint density at radius 3 is 2.80 bits per heavy atom. The zero-order chi connectivity index (χ0) is 11.5. The summed E-state index contributed by atoms with van der Waals surface area (Å²) in [4.78, 5) is 10.5. The van der Waals surface area contributed by atoms with Gasteiger partial charge in [0.1, 0.15) is 6.29 Å². The van der Waals surface area contributed by atoms with Gasteiger partial charge < -0.3 is 0 Å². The maximum Gasteiger partial charge on any atom is 0.145 e. The Bertz CT molecular complexity index is 284. The normalized spacial score (nSPS) is 26.5. The van der Waals surface area contributed by atoms with E-state index < -0.39 is 0 Å². The van der Waals surface area contributed by atoms with Crippen molar-refractivity contribution in [3.63, 3.8) is 0 Å². The van der Waals surface area contributed by atoms with Crippen LogP contribution in [0.3, 0.4) is 0 Å². The van der Waals surface area contributed by atoms with Crippen molar-refractivity contribution in [2.45, 2.75) is 46.5 Å². The lowest BCUT2D eigenvalue weighted by atomic mass is 9.65. The zero-order valence-corrected chi connectivity index (χ0v) is 10.2. The van der Waals surface area contributed by atoms with E-state index in [1.54, 1.807) is 0 Å². The van der Waals surface area contributed by atoms with Gasteiger partial charge in [-0.15, -0.1) is 0 Å². The van der Waals surface area contributed by atoms with Gasteiger partial charge in [0.05, 0.1) is 0 Å². The molecule has 0 aromatic rings. The molecule has 1 rings (SSSR count). The van der Waals surface area contributed by atoms with E-state index in [1.165, 1.54) is 18.4 Å². The molecule has 0 aliphatic heterocycles. The minimum atomic E-state index is 0.342. The van der Waals surface area contributed by atoms with Gasteiger partial charge in [-0.2, -0.15) is 0 Å². The lowest BCUT2D eigenvalue weighted by molar-refractivity contribution is -0.104. The second-order valence-electron chi connectivity index (χ2n) is 5.35. The van der Waals surface area contributed by atoms with Gasteiger partial charge in [-0.1, -0.05) is 32.1 Å². The summed E-state index contributed by atoms with van der Waals surface area (Å²) >= 11 is 0. The SMILES string of the molecule is C=C1CCCC(C)(C)[C@@H]1C/C=C(\C)C=O. The van der Waals surface area contributed by atoms with Gasteiger partial charge in [0.15, 0.2) is 0 Å². The minimum absolute atomic E-state index is 0.342. The van der Waals surface area contributed by atoms with Crippen LogP contribution in [0.15, 0.2) is 23.8 Å². The number of hydrogen-bond acceptors (Lipinski definition) is 1. The molecule has 0 aromatic heterocycles. The zero-order valence-electron chi connectivity index (χ0n) is 10.2. The van der Waals surface area contributed by atoms with Crippen LogP contribution in [0.2, 0.25) is 0 Å². The summed E-state index contributed by atoms with van der Waals surface area (Å²) in [7, 11) is 0. The van der Waals surface area contributed by atoms with Crippen LogP contribution in [0, 0.1) is 11.3 Å². The molecule has 0 aromatic carbocycles. The van der Waals surface area contributed by atoms with E-state index in [1.807, 2.05) is 6.92 Å². The summed E-state index contributed by atoms with van der Waals surface area (Å²) < 4.78 is 0. The number of aldehydes is 1. The molecule has 0 unspecified atom stereocenters. The highest BCUT2D eigenvalue weighted by atomic mass is 16.1. The van der Waals surface area contributed by atoms with E-state index in [9.17, 15) is 4.79 Å². The Kier molecular flexibility index (Phi) is 3.90. The number of allylic oxidation sites excluding steroid dienone is 3. The van der Waals surface area contributed by atoms with Crippen molar-refractivity contribution in [3.8, 4) is 0 Å². The fourth-order valence-electron chi connectivity index (χ4n) is 2.51. The van der Waals surface area contributed by atoms with Gasteiger partial charge in [-0.25, -0.2) is 0 Å². The molecule has 15 heavy (non-hydrogen) atoms. The molecule has 1 atom stereocenters. The van der Waals surface area contributed by atoms with Crippen molar-refractivity contribution in [1.29, 1.82) is 0 Å². The van der Waals surface area contributed by atoms with Crippen LogP contribution in [0.25, 0.3) is 0 Å². The van der Waals surface area contributed by atoms with Gasteiger partial charge >= 0.3 is 0 Å². The van der Waals surface area contributed by atoms with Crippen LogP contribution in [0.5, 0.6) is 0 Å². The summed E-state index contributed by atoms with van der Waals surface area (Å²) in [5.41, 5.74) is 2.54. The van der Waals surface area contributed by atoms with E-state index in [0.29, 0.717) is 11.3 Å². The Labute approximate surface area is 93.3 Å². The Hall–Kier alpha value is -0.850. The van der Waals surface area contributed by atoms with E-state index in [4.69, 9.17) is 0 Å². The molecule has 1 fully saturated rings. The molecule has 0 amide bonds. The molecule has 0 radical (unpaired) electrons. The summed E-state index contributed by atoms with van der Waals surface area (Å²) in [6.45, 7) is 10.7. The largest absolute Gasteiger partial charge is 0.298 e. The topological polar surface area (TPSA) is 17.1 Å². The quantitative estimate of drug-likeness (QED) is 0.389. The third-order valence-corrected chi connectivity index (χ3v) is 3.62. The first-order chi connectivity index (χ1) is 6.97. The first-order valence-corrected chi connectivity index (χ1v) is 5.77. The number of carbonyl (C=O) groups is 1. The summed E-state index contributed by atoms with van der Waals surface area (Å²) in [6, 6.07) is 0. The fraction of sp³-hybridized carbons (Fsp3) is 0.643. The van der Waals surface area contributed by atoms with Crippen molar-refractivity contribution < 1.29 is 4.79 Å². The Morgan fingerprint density at radius 2 is 2.27 bits per heavy atom. The second-order valence-corrected chi connectivity index (χ2v) is 5.35. The second kappa shape index (κ2) is 4.78. The first-order valence-electron chi connectivity index (χ1n) is 5.77. The van der Waals surface area contributed by atoms with Gasteiger partial charge in [0.25, 0.3) is 0 Å². The number of rotatable bonds is 3. The Morgan fingerprint density at radius 1 is 1.60 bits per heavy atom. The minimum Gasteiger partial charge on any atom is -0.298 e. The molecule has 0 heterocycles. The van der Waals surface area contributed by atoms with Crippen molar-refractivity contribution in [3.05, 3.63) is 23.8 Å². The van der Waals surface area contributed by atoms with E-state index in [2.05, 4.69) is 26.5 Å². The van der Waals surface area contributed by atoms with Crippen LogP contribution in [-0.4, -0.2) is 6.29 Å². The third-order valence-electron chi connectivity index (χ3n) is 3.62. The highest BCUT2D eigenvalue weighted by molar-refractivity contribution is 5.71. The predicted octanol–water partition coefficient (Wildman–Crippen LogP) is 3.90. The molecule has 1 saturated carbocycles. The van der Waals surface area contributed by atoms with Crippen molar-refractivity contribution in [2.75, 3.05) is 0 Å². The van der Waals surface area contributed by atoms with Gasteiger partial charge in [-0.3, -0.25) is 4.79 Å². The van der Waals surface area contributed by atoms with Gasteiger partial charge in [0, 0.05) is 0 Å². The lowest BCUT2D eigenvalue weighted by Crippen LogP contribution is -2.29. The molecule has 0 spiro atoms. The van der Waals surface area contributed by atoms with E-state index in [0.717, 1.165) is 24.7 Å². The highest BCUT2D eigenvalue weighted by Crippen LogP contribution is 2.44. The molecule has 1 nitrogen and oxygen atoms in total. The van der Waals surface area contributed by atoms with Crippen LogP contribution in [0.4, 0.5) is 0 Å². The molecule has 84 valence electrons. The molecular weight excluding hydrogens is 184 g/mol. The van der Waals surface area contributed by atoms with Gasteiger partial charge in [-0.05, 0) is 49.5 Å². The van der Waals surface area contributed by atoms with Gasteiger partial charge in [0.2, 0.25) is 0 Å². The summed E-state index contributed by atoms with van der Waals surface area (Å²) in [5, 5.41) is 0. The van der Waals surface area contributed by atoms with E-state index >= 15 is 0 Å². The molecule has 1 aliphatic carbocycles. The summed E-state index contributed by atoms with van der Waals surface area (Å²) in [6.07, 6.45) is 7.64. The third kappa shape index (κ3) is 3.05. The number of hydrogen-bond donors (Lipinski definition) is 0. The predicted molar refractivity (Wildman–Crippen MR) is 64.7 cm³/mol. The van der Waals surface area contributed by atoms with Crippen molar-refractivity contribution in [2.24, 2.45) is 11.3 Å². The van der Waals surface area contributed by atoms with Crippen LogP contribution in [0.1, 0.15) is 46.5 Å². The average Bonchev–Trinajstić information content (AvgIpc) is 2.15. The molecule has 1 heteroatoms. The first kappa shape index (κ1) is 12.2. The van der Waals surface area contributed by atoms with Crippen LogP contribution in [-0.2, 0) is 4.79 Å². The Balaban J connectivity index is 2.72.